The normalized spacial score (nSPS) is 29.5. The fraction of sp³-hybridized carbons (Fsp3) is 0.458. The highest BCUT2D eigenvalue weighted by molar-refractivity contribution is 5.99. The van der Waals surface area contributed by atoms with Crippen molar-refractivity contribution in [2.24, 2.45) is 11.8 Å². The van der Waals surface area contributed by atoms with Crippen LogP contribution in [0.3, 0.4) is 0 Å². The van der Waals surface area contributed by atoms with Crippen LogP contribution in [0.4, 0.5) is 5.69 Å². The Morgan fingerprint density at radius 1 is 1.10 bits per heavy atom. The lowest BCUT2D eigenvalue weighted by atomic mass is 9.91. The second-order valence-corrected chi connectivity index (χ2v) is 9.19. The average molecular weight is 392 g/mol. The van der Waals surface area contributed by atoms with Crippen molar-refractivity contribution < 1.29 is 15.0 Å². The molecule has 0 spiro atoms. The van der Waals surface area contributed by atoms with Gasteiger partial charge in [-0.1, -0.05) is 42.5 Å². The molecule has 2 fully saturated rings. The van der Waals surface area contributed by atoms with E-state index >= 15 is 0 Å². The first kappa shape index (κ1) is 18.8. The predicted octanol–water partition coefficient (Wildman–Crippen LogP) is 2.53. The molecule has 1 unspecified atom stereocenters. The summed E-state index contributed by atoms with van der Waals surface area (Å²) in [5, 5.41) is 24.7. The fourth-order valence-corrected chi connectivity index (χ4v) is 5.63. The quantitative estimate of drug-likeness (QED) is 0.731. The summed E-state index contributed by atoms with van der Waals surface area (Å²) >= 11 is 0. The zero-order valence-electron chi connectivity index (χ0n) is 16.6. The Labute approximate surface area is 171 Å². The number of anilines is 1. The SMILES string of the molecule is O=C1Cc2cc(C(O)CN3C[C@@H]4C[C@](O)(Cc5ccccc5)C[C@@H]4C3)ccc2N1. The van der Waals surface area contributed by atoms with Gasteiger partial charge in [-0.05, 0) is 47.4 Å². The number of carbonyl (C=O) groups is 1. The van der Waals surface area contributed by atoms with Gasteiger partial charge in [-0.15, -0.1) is 0 Å². The minimum Gasteiger partial charge on any atom is -0.390 e. The lowest BCUT2D eigenvalue weighted by molar-refractivity contribution is -0.115. The number of amides is 1. The molecule has 0 aromatic heterocycles. The van der Waals surface area contributed by atoms with Crippen molar-refractivity contribution in [2.75, 3.05) is 25.0 Å². The summed E-state index contributed by atoms with van der Waals surface area (Å²) < 4.78 is 0. The molecule has 4 atom stereocenters. The van der Waals surface area contributed by atoms with Gasteiger partial charge in [-0.2, -0.15) is 0 Å². The van der Waals surface area contributed by atoms with Gasteiger partial charge < -0.3 is 15.5 Å². The highest BCUT2D eigenvalue weighted by Crippen LogP contribution is 2.45. The Balaban J connectivity index is 1.18. The molecule has 5 nitrogen and oxygen atoms in total. The molecular formula is C24H28N2O3. The van der Waals surface area contributed by atoms with E-state index in [2.05, 4.69) is 22.3 Å². The number of β-amino-alcohol motifs (C(OH)–C–C–N with tert-alkyl or cyclic N) is 1. The molecule has 0 bridgehead atoms. The zero-order chi connectivity index (χ0) is 20.0. The van der Waals surface area contributed by atoms with Gasteiger partial charge in [-0.25, -0.2) is 0 Å². The first-order valence-corrected chi connectivity index (χ1v) is 10.6. The molecule has 2 aliphatic heterocycles. The van der Waals surface area contributed by atoms with Crippen molar-refractivity contribution in [3.05, 3.63) is 65.2 Å². The largest absolute Gasteiger partial charge is 0.390 e. The first-order chi connectivity index (χ1) is 14.0. The van der Waals surface area contributed by atoms with Crippen LogP contribution < -0.4 is 5.32 Å². The molecule has 1 saturated carbocycles. The number of hydrogen-bond acceptors (Lipinski definition) is 4. The van der Waals surface area contributed by atoms with Crippen LogP contribution in [0, 0.1) is 11.8 Å². The Hall–Kier alpha value is -2.21. The standard InChI is InChI=1S/C24H28N2O3/c27-22(17-6-7-21-18(8-17)9-23(28)25-21)15-26-13-19-11-24(29,12-20(19)14-26)10-16-4-2-1-3-5-16/h1-8,19-20,22,27,29H,9-15H2,(H,25,28)/t19-,20+,22?,24+. The predicted molar refractivity (Wildman–Crippen MR) is 111 cm³/mol. The first-order valence-electron chi connectivity index (χ1n) is 10.6. The van der Waals surface area contributed by atoms with Gasteiger partial charge in [-0.3, -0.25) is 9.69 Å². The summed E-state index contributed by atoms with van der Waals surface area (Å²) in [7, 11) is 0. The van der Waals surface area contributed by atoms with Gasteiger partial charge in [0.25, 0.3) is 0 Å². The number of aliphatic hydroxyl groups excluding tert-OH is 1. The van der Waals surface area contributed by atoms with E-state index < -0.39 is 11.7 Å². The summed E-state index contributed by atoms with van der Waals surface area (Å²) in [4.78, 5) is 13.9. The maximum Gasteiger partial charge on any atom is 0.228 e. The number of nitrogens with zero attached hydrogens (tertiary/aromatic N) is 1. The number of rotatable bonds is 5. The van der Waals surface area contributed by atoms with Gasteiger partial charge in [0.1, 0.15) is 0 Å². The highest BCUT2D eigenvalue weighted by Gasteiger charge is 2.48. The van der Waals surface area contributed by atoms with Crippen molar-refractivity contribution in [1.29, 1.82) is 0 Å². The molecule has 5 rings (SSSR count). The molecule has 3 N–H and O–H groups in total. The number of benzene rings is 2. The third-order valence-corrected chi connectivity index (χ3v) is 6.88. The van der Waals surface area contributed by atoms with Crippen LogP contribution in [-0.2, 0) is 17.6 Å². The van der Waals surface area contributed by atoms with Crippen LogP contribution in [0.5, 0.6) is 0 Å². The van der Waals surface area contributed by atoms with Crippen molar-refractivity contribution in [2.45, 2.75) is 37.4 Å². The monoisotopic (exact) mass is 392 g/mol. The average Bonchev–Trinajstić information content (AvgIpc) is 3.31. The summed E-state index contributed by atoms with van der Waals surface area (Å²) in [5.74, 6) is 1.01. The molecule has 29 heavy (non-hydrogen) atoms. The van der Waals surface area contributed by atoms with Crippen molar-refractivity contribution in [3.8, 4) is 0 Å². The number of hydrogen-bond donors (Lipinski definition) is 3. The molecule has 2 heterocycles. The summed E-state index contributed by atoms with van der Waals surface area (Å²) in [6.45, 7) is 2.47. The van der Waals surface area contributed by atoms with Crippen molar-refractivity contribution in [1.82, 2.24) is 4.90 Å². The van der Waals surface area contributed by atoms with Crippen LogP contribution in [0.2, 0.25) is 0 Å². The summed E-state index contributed by atoms with van der Waals surface area (Å²) in [6.07, 6.45) is 2.24. The van der Waals surface area contributed by atoms with Crippen LogP contribution in [0.15, 0.2) is 48.5 Å². The Morgan fingerprint density at radius 3 is 2.55 bits per heavy atom. The second-order valence-electron chi connectivity index (χ2n) is 9.19. The van der Waals surface area contributed by atoms with Gasteiger partial charge in [0.15, 0.2) is 0 Å². The maximum atomic E-state index is 11.5. The molecule has 1 saturated heterocycles. The van der Waals surface area contributed by atoms with E-state index in [1.807, 2.05) is 36.4 Å². The van der Waals surface area contributed by atoms with Crippen molar-refractivity contribution in [3.63, 3.8) is 0 Å². The van der Waals surface area contributed by atoms with E-state index in [1.54, 1.807) is 0 Å². The lowest BCUT2D eigenvalue weighted by Gasteiger charge is -2.27. The van der Waals surface area contributed by atoms with Crippen LogP contribution in [0.25, 0.3) is 0 Å². The molecule has 2 aromatic carbocycles. The summed E-state index contributed by atoms with van der Waals surface area (Å²) in [5.41, 5.74) is 3.31. The zero-order valence-corrected chi connectivity index (χ0v) is 16.6. The van der Waals surface area contributed by atoms with Gasteiger partial charge in [0.05, 0.1) is 18.1 Å². The molecule has 1 aliphatic carbocycles. The molecular weight excluding hydrogens is 364 g/mol. The van der Waals surface area contributed by atoms with Crippen LogP contribution in [-0.4, -0.2) is 46.3 Å². The maximum absolute atomic E-state index is 11.5. The third kappa shape index (κ3) is 3.82. The number of aliphatic hydroxyl groups is 2. The number of fused-ring (bicyclic) bond motifs is 2. The van der Waals surface area contributed by atoms with Gasteiger partial charge in [0.2, 0.25) is 5.91 Å². The van der Waals surface area contributed by atoms with Crippen LogP contribution in [0.1, 0.15) is 35.6 Å². The van der Waals surface area contributed by atoms with Gasteiger partial charge in [0, 0.05) is 31.7 Å². The molecule has 2 aromatic rings. The number of carbonyl (C=O) groups excluding carboxylic acids is 1. The van der Waals surface area contributed by atoms with Gasteiger partial charge >= 0.3 is 0 Å². The molecule has 5 heteroatoms. The topological polar surface area (TPSA) is 72.8 Å². The smallest absolute Gasteiger partial charge is 0.228 e. The Morgan fingerprint density at radius 2 is 1.83 bits per heavy atom. The number of likely N-dealkylation sites (tertiary alicyclic amines) is 1. The van der Waals surface area contributed by atoms with E-state index in [0.717, 1.165) is 49.2 Å². The minimum atomic E-state index is -0.596. The van der Waals surface area contributed by atoms with Crippen LogP contribution >= 0.6 is 0 Å². The third-order valence-electron chi connectivity index (χ3n) is 6.88. The van der Waals surface area contributed by atoms with E-state index in [4.69, 9.17) is 0 Å². The molecule has 1 amide bonds. The number of nitrogens with one attached hydrogen (secondary N) is 1. The minimum absolute atomic E-state index is 0.0157. The summed E-state index contributed by atoms with van der Waals surface area (Å²) in [6, 6.07) is 16.0. The molecule has 3 aliphatic rings. The van der Waals surface area contributed by atoms with E-state index in [1.165, 1.54) is 5.56 Å². The van der Waals surface area contributed by atoms with E-state index in [-0.39, 0.29) is 5.91 Å². The van der Waals surface area contributed by atoms with E-state index in [0.29, 0.717) is 24.8 Å². The molecule has 0 radical (unpaired) electrons. The van der Waals surface area contributed by atoms with E-state index in [9.17, 15) is 15.0 Å². The lowest BCUT2D eigenvalue weighted by Crippen LogP contribution is -2.33. The second kappa shape index (κ2) is 7.24. The molecule has 152 valence electrons. The van der Waals surface area contributed by atoms with Crippen molar-refractivity contribution >= 4 is 11.6 Å². The highest BCUT2D eigenvalue weighted by atomic mass is 16.3. The Bertz CT molecular complexity index is 900. The Kier molecular flexibility index (Phi) is 4.69. The fourth-order valence-electron chi connectivity index (χ4n) is 5.63.